The number of carbonyl (C=O) groups excluding carboxylic acids is 1. The molecular formula is C23H35N4O6PS. The van der Waals surface area contributed by atoms with Gasteiger partial charge in [0.05, 0.1) is 23.3 Å². The van der Waals surface area contributed by atoms with Crippen molar-refractivity contribution in [3.8, 4) is 0 Å². The number of hydrogen-bond donors (Lipinski definition) is 3. The smallest absolute Gasteiger partial charge is 0.348 e. The maximum Gasteiger partial charge on any atom is 0.348 e. The Kier molecular flexibility index (Phi) is 7.47. The van der Waals surface area contributed by atoms with E-state index in [4.69, 9.17) is 4.52 Å². The fourth-order valence-electron chi connectivity index (χ4n) is 4.29. The van der Waals surface area contributed by atoms with Crippen molar-refractivity contribution in [1.82, 2.24) is 4.90 Å². The molecule has 12 heteroatoms. The summed E-state index contributed by atoms with van der Waals surface area (Å²) in [4.78, 5) is 15.2. The largest absolute Gasteiger partial charge is 0.509 e. The van der Waals surface area contributed by atoms with Crippen molar-refractivity contribution in [2.75, 3.05) is 29.9 Å². The van der Waals surface area contributed by atoms with Crippen LogP contribution in [0.3, 0.4) is 0 Å². The molecule has 1 aromatic carbocycles. The van der Waals surface area contributed by atoms with E-state index in [1.54, 1.807) is 4.90 Å². The van der Waals surface area contributed by atoms with Gasteiger partial charge in [-0.25, -0.2) is 8.42 Å². The first-order chi connectivity index (χ1) is 16.1. The van der Waals surface area contributed by atoms with Gasteiger partial charge in [-0.2, -0.15) is 4.76 Å². The van der Waals surface area contributed by atoms with Gasteiger partial charge in [-0.05, 0) is 36.0 Å². The fourth-order valence-corrected chi connectivity index (χ4v) is 6.38. The van der Waals surface area contributed by atoms with Crippen molar-refractivity contribution in [2.45, 2.75) is 53.5 Å². The number of carbonyl (C=O) groups is 1. The van der Waals surface area contributed by atoms with E-state index < -0.39 is 34.9 Å². The Balaban J connectivity index is 2.06. The molecule has 3 rings (SSSR count). The number of benzene rings is 1. The van der Waals surface area contributed by atoms with E-state index in [1.165, 1.54) is 25.3 Å². The number of aliphatic hydroxyl groups is 1. The molecule has 10 nitrogen and oxygen atoms in total. The predicted octanol–water partition coefficient (Wildman–Crippen LogP) is 3.85. The first-order valence-electron chi connectivity index (χ1n) is 11.5. The quantitative estimate of drug-likeness (QED) is 0.438. The lowest BCUT2D eigenvalue weighted by Crippen LogP contribution is -2.45. The Hall–Kier alpha value is -2.36. The molecule has 1 amide bonds. The second-order valence-corrected chi connectivity index (χ2v) is 14.0. The van der Waals surface area contributed by atoms with Crippen molar-refractivity contribution in [3.05, 3.63) is 29.5 Å². The summed E-state index contributed by atoms with van der Waals surface area (Å²) < 4.78 is 48.8. The SMILES string of the molecule is CCC(C)CCN1C(=O)C(C2=NP(=O)(OC)c3cc(NS(C)(=O)=O)ccc3N2)=C(O)C1C(C)(C)C. The van der Waals surface area contributed by atoms with Crippen LogP contribution in [0.2, 0.25) is 0 Å². The topological polar surface area (TPSA) is 137 Å². The number of sulfonamides is 1. The number of amidine groups is 1. The van der Waals surface area contributed by atoms with E-state index in [9.17, 15) is 22.9 Å². The van der Waals surface area contributed by atoms with Crippen LogP contribution >= 0.6 is 7.52 Å². The van der Waals surface area contributed by atoms with Gasteiger partial charge in [0.1, 0.15) is 11.3 Å². The molecule has 1 aromatic rings. The molecule has 35 heavy (non-hydrogen) atoms. The minimum Gasteiger partial charge on any atom is -0.509 e. The highest BCUT2D eigenvalue weighted by molar-refractivity contribution is 7.92. The molecule has 0 saturated heterocycles. The van der Waals surface area contributed by atoms with Gasteiger partial charge in [0, 0.05) is 19.3 Å². The Morgan fingerprint density at radius 1 is 1.34 bits per heavy atom. The number of aliphatic hydroxyl groups excluding tert-OH is 1. The number of rotatable bonds is 8. The third kappa shape index (κ3) is 5.57. The minimum absolute atomic E-state index is 0.0321. The van der Waals surface area contributed by atoms with Gasteiger partial charge in [-0.15, -0.1) is 0 Å². The Labute approximate surface area is 207 Å². The van der Waals surface area contributed by atoms with Gasteiger partial charge < -0.3 is 19.8 Å². The van der Waals surface area contributed by atoms with Crippen LogP contribution in [0.25, 0.3) is 0 Å². The minimum atomic E-state index is -3.88. The van der Waals surface area contributed by atoms with Gasteiger partial charge in [-0.3, -0.25) is 14.1 Å². The second kappa shape index (κ2) is 9.59. The second-order valence-electron chi connectivity index (χ2n) is 10.2. The van der Waals surface area contributed by atoms with Gasteiger partial charge in [0.2, 0.25) is 10.0 Å². The van der Waals surface area contributed by atoms with Crippen molar-refractivity contribution in [1.29, 1.82) is 0 Å². The molecule has 0 bridgehead atoms. The highest BCUT2D eigenvalue weighted by atomic mass is 32.2. The van der Waals surface area contributed by atoms with E-state index in [2.05, 4.69) is 28.6 Å². The highest BCUT2D eigenvalue weighted by Gasteiger charge is 2.48. The predicted molar refractivity (Wildman–Crippen MR) is 139 cm³/mol. The first kappa shape index (κ1) is 27.2. The van der Waals surface area contributed by atoms with Gasteiger partial charge in [0.25, 0.3) is 5.91 Å². The van der Waals surface area contributed by atoms with Crippen molar-refractivity contribution >= 4 is 46.0 Å². The van der Waals surface area contributed by atoms with E-state index >= 15 is 0 Å². The van der Waals surface area contributed by atoms with Crippen LogP contribution < -0.4 is 15.3 Å². The lowest BCUT2D eigenvalue weighted by Gasteiger charge is -2.35. The van der Waals surface area contributed by atoms with E-state index in [0.29, 0.717) is 18.2 Å². The summed E-state index contributed by atoms with van der Waals surface area (Å²) in [6.07, 6.45) is 2.77. The zero-order valence-corrected chi connectivity index (χ0v) is 23.0. The molecule has 0 aromatic heterocycles. The Bertz CT molecular complexity index is 1230. The maximum absolute atomic E-state index is 13.7. The number of amides is 1. The molecule has 0 saturated carbocycles. The Morgan fingerprint density at radius 3 is 2.54 bits per heavy atom. The molecule has 3 N–H and O–H groups in total. The zero-order valence-electron chi connectivity index (χ0n) is 21.2. The summed E-state index contributed by atoms with van der Waals surface area (Å²) in [6, 6.07) is 3.84. The van der Waals surface area contributed by atoms with Crippen LogP contribution in [0.4, 0.5) is 11.4 Å². The van der Waals surface area contributed by atoms with Crippen molar-refractivity contribution in [2.24, 2.45) is 16.1 Å². The molecule has 3 atom stereocenters. The molecule has 0 fully saturated rings. The number of fused-ring (bicyclic) bond motifs is 1. The summed E-state index contributed by atoms with van der Waals surface area (Å²) in [5.41, 5.74) is 0.0568. The number of hydrogen-bond acceptors (Lipinski definition) is 7. The molecule has 0 spiro atoms. The Morgan fingerprint density at radius 2 is 2.00 bits per heavy atom. The third-order valence-electron chi connectivity index (χ3n) is 6.26. The van der Waals surface area contributed by atoms with Crippen LogP contribution in [0.1, 0.15) is 47.5 Å². The zero-order chi connectivity index (χ0) is 26.3. The van der Waals surface area contributed by atoms with Crippen LogP contribution in [0.15, 0.2) is 34.3 Å². The van der Waals surface area contributed by atoms with E-state index in [-0.39, 0.29) is 28.2 Å². The molecule has 2 aliphatic rings. The average Bonchev–Trinajstić information content (AvgIpc) is 3.00. The van der Waals surface area contributed by atoms with E-state index in [1.807, 2.05) is 20.8 Å². The lowest BCUT2D eigenvalue weighted by molar-refractivity contribution is -0.128. The lowest BCUT2D eigenvalue weighted by atomic mass is 9.85. The molecule has 2 heterocycles. The van der Waals surface area contributed by atoms with Crippen LogP contribution in [0.5, 0.6) is 0 Å². The molecular weight excluding hydrogens is 491 g/mol. The fraction of sp³-hybridized carbons (Fsp3) is 0.565. The summed E-state index contributed by atoms with van der Waals surface area (Å²) in [5.74, 6) is -0.137. The molecule has 3 unspecified atom stereocenters. The number of nitrogens with zero attached hydrogens (tertiary/aromatic N) is 2. The monoisotopic (exact) mass is 526 g/mol. The number of anilines is 2. The molecule has 2 aliphatic heterocycles. The summed E-state index contributed by atoms with van der Waals surface area (Å²) in [7, 11) is -6.20. The van der Waals surface area contributed by atoms with Gasteiger partial charge >= 0.3 is 7.52 Å². The van der Waals surface area contributed by atoms with Crippen LogP contribution in [-0.2, 0) is 23.9 Å². The molecule has 0 radical (unpaired) electrons. The average molecular weight is 527 g/mol. The van der Waals surface area contributed by atoms with E-state index in [0.717, 1.165) is 19.1 Å². The van der Waals surface area contributed by atoms with Crippen LogP contribution in [0, 0.1) is 11.3 Å². The standard InChI is InChI=1S/C23H35N4O6PS/c1-8-14(2)11-12-27-20(23(3,4)5)19(28)18(22(27)29)21-24-16-10-9-15(26-35(7,31)32)13-17(16)34(30,25-21)33-6/h9-10,13-14,20,26,28H,8,11-12H2,1-7H3,(H,24,25,30). The van der Waals surface area contributed by atoms with Gasteiger partial charge in [-0.1, -0.05) is 41.0 Å². The third-order valence-corrected chi connectivity index (χ3v) is 8.80. The first-order valence-corrected chi connectivity index (χ1v) is 15.0. The maximum atomic E-state index is 13.7. The normalized spacial score (nSPS) is 23.6. The van der Waals surface area contributed by atoms with Gasteiger partial charge in [0.15, 0.2) is 5.84 Å². The van der Waals surface area contributed by atoms with Crippen molar-refractivity contribution in [3.63, 3.8) is 0 Å². The summed E-state index contributed by atoms with van der Waals surface area (Å²) in [5, 5.41) is 14.4. The molecule has 194 valence electrons. The van der Waals surface area contributed by atoms with Crippen molar-refractivity contribution < 1.29 is 27.4 Å². The highest BCUT2D eigenvalue weighted by Crippen LogP contribution is 2.52. The molecule has 0 aliphatic carbocycles. The van der Waals surface area contributed by atoms with Crippen LogP contribution in [-0.4, -0.2) is 56.1 Å². The summed E-state index contributed by atoms with van der Waals surface area (Å²) >= 11 is 0. The number of nitrogens with one attached hydrogen (secondary N) is 2. The summed E-state index contributed by atoms with van der Waals surface area (Å²) in [6.45, 7) is 10.5.